The fourth-order valence-corrected chi connectivity index (χ4v) is 2.47. The summed E-state index contributed by atoms with van der Waals surface area (Å²) in [5.74, 6) is -1.10. The number of rotatable bonds is 7. The molecule has 3 aromatic rings. The van der Waals surface area contributed by atoms with Crippen LogP contribution in [0.25, 0.3) is 5.69 Å². The molecule has 0 radical (unpaired) electrons. The van der Waals surface area contributed by atoms with Gasteiger partial charge >= 0.3 is 5.97 Å². The molecule has 10 heteroatoms. The Morgan fingerprint density at radius 1 is 1.10 bits per heavy atom. The molecule has 0 aliphatic carbocycles. The van der Waals surface area contributed by atoms with Crippen LogP contribution >= 0.6 is 0 Å². The minimum Gasteiger partial charge on any atom is -0.468 e. The number of nitrogens with one attached hydrogen (secondary N) is 2. The van der Waals surface area contributed by atoms with Crippen LogP contribution in [0.2, 0.25) is 0 Å². The maximum atomic E-state index is 12.5. The zero-order chi connectivity index (χ0) is 20.6. The van der Waals surface area contributed by atoms with Crippen molar-refractivity contribution in [3.8, 4) is 5.69 Å². The Labute approximate surface area is 165 Å². The number of ether oxygens (including phenoxy) is 1. The summed E-state index contributed by atoms with van der Waals surface area (Å²) in [5.41, 5.74) is 2.44. The summed E-state index contributed by atoms with van der Waals surface area (Å²) in [7, 11) is 1.25. The minimum absolute atomic E-state index is 0.110. The molecule has 3 rings (SSSR count). The second-order valence-electron chi connectivity index (χ2n) is 5.99. The normalized spacial score (nSPS) is 10.2. The molecule has 2 N–H and O–H groups in total. The van der Waals surface area contributed by atoms with Crippen molar-refractivity contribution in [1.29, 1.82) is 0 Å². The Kier molecular flexibility index (Phi) is 6.25. The van der Waals surface area contributed by atoms with Crippen molar-refractivity contribution in [2.24, 2.45) is 0 Å². The van der Waals surface area contributed by atoms with Gasteiger partial charge in [-0.15, -0.1) is 5.10 Å². The number of benzene rings is 2. The van der Waals surface area contributed by atoms with E-state index in [9.17, 15) is 14.4 Å². The third-order valence-electron chi connectivity index (χ3n) is 3.96. The summed E-state index contributed by atoms with van der Waals surface area (Å²) >= 11 is 0. The molecular weight excluding hydrogens is 376 g/mol. The highest BCUT2D eigenvalue weighted by Crippen LogP contribution is 2.14. The van der Waals surface area contributed by atoms with Crippen LogP contribution < -0.4 is 10.6 Å². The van der Waals surface area contributed by atoms with Gasteiger partial charge in [0.2, 0.25) is 5.91 Å². The van der Waals surface area contributed by atoms with Crippen molar-refractivity contribution in [3.05, 3.63) is 66.0 Å². The largest absolute Gasteiger partial charge is 0.468 e. The fourth-order valence-electron chi connectivity index (χ4n) is 2.47. The Bertz CT molecular complexity index is 1000. The summed E-state index contributed by atoms with van der Waals surface area (Å²) in [5, 5.41) is 16.2. The van der Waals surface area contributed by atoms with E-state index < -0.39 is 5.97 Å². The lowest BCUT2D eigenvalue weighted by Crippen LogP contribution is -2.31. The van der Waals surface area contributed by atoms with Gasteiger partial charge in [-0.05, 0) is 46.3 Å². The minimum atomic E-state index is -0.513. The predicted molar refractivity (Wildman–Crippen MR) is 102 cm³/mol. The van der Waals surface area contributed by atoms with Crippen molar-refractivity contribution in [3.63, 3.8) is 0 Å². The first-order chi connectivity index (χ1) is 14.0. The van der Waals surface area contributed by atoms with Gasteiger partial charge in [-0.2, -0.15) is 0 Å². The van der Waals surface area contributed by atoms with Crippen LogP contribution in [0.15, 0.2) is 54.9 Å². The highest BCUT2D eigenvalue weighted by molar-refractivity contribution is 6.04. The van der Waals surface area contributed by atoms with Gasteiger partial charge < -0.3 is 15.4 Å². The number of anilines is 1. The monoisotopic (exact) mass is 394 g/mol. The Morgan fingerprint density at radius 3 is 2.59 bits per heavy atom. The van der Waals surface area contributed by atoms with E-state index >= 15 is 0 Å². The highest BCUT2D eigenvalue weighted by Gasteiger charge is 2.10. The number of amides is 2. The Hall–Kier alpha value is -4.08. The van der Waals surface area contributed by atoms with Crippen LogP contribution in [0.5, 0.6) is 0 Å². The molecule has 0 atom stereocenters. The average Bonchev–Trinajstić information content (AvgIpc) is 3.28. The first-order valence-electron chi connectivity index (χ1n) is 8.62. The van der Waals surface area contributed by atoms with E-state index in [1.807, 2.05) is 0 Å². The molecular formula is C19H18N6O4. The maximum absolute atomic E-state index is 12.5. The molecule has 0 fully saturated rings. The third-order valence-corrected chi connectivity index (χ3v) is 3.96. The first-order valence-corrected chi connectivity index (χ1v) is 8.62. The predicted octanol–water partition coefficient (Wildman–Crippen LogP) is 0.746. The lowest BCUT2D eigenvalue weighted by molar-refractivity contribution is -0.141. The van der Waals surface area contributed by atoms with Crippen LogP contribution in [0.3, 0.4) is 0 Å². The van der Waals surface area contributed by atoms with E-state index in [0.717, 1.165) is 5.56 Å². The van der Waals surface area contributed by atoms with Crippen molar-refractivity contribution >= 4 is 23.5 Å². The second-order valence-corrected chi connectivity index (χ2v) is 5.99. The van der Waals surface area contributed by atoms with Gasteiger partial charge in [0.1, 0.15) is 12.9 Å². The molecule has 2 aromatic carbocycles. The SMILES string of the molecule is COC(=O)CNC(=O)Cc1ccc(NC(=O)c2cccc(-n3cnnn3)c2)cc1. The smallest absolute Gasteiger partial charge is 0.325 e. The topological polar surface area (TPSA) is 128 Å². The summed E-state index contributed by atoms with van der Waals surface area (Å²) in [6.07, 6.45) is 1.55. The zero-order valence-corrected chi connectivity index (χ0v) is 15.5. The Balaban J connectivity index is 1.58. The number of tetrazole rings is 1. The molecule has 0 saturated heterocycles. The van der Waals surface area contributed by atoms with Gasteiger partial charge in [-0.1, -0.05) is 18.2 Å². The van der Waals surface area contributed by atoms with Crippen LogP contribution in [0, 0.1) is 0 Å². The molecule has 29 heavy (non-hydrogen) atoms. The number of hydrogen-bond donors (Lipinski definition) is 2. The van der Waals surface area contributed by atoms with Gasteiger partial charge in [-0.3, -0.25) is 14.4 Å². The van der Waals surface area contributed by atoms with Crippen LogP contribution in [-0.2, 0) is 20.7 Å². The van der Waals surface area contributed by atoms with Crippen LogP contribution in [0.1, 0.15) is 15.9 Å². The van der Waals surface area contributed by atoms with Crippen LogP contribution in [-0.4, -0.2) is 51.6 Å². The molecule has 0 unspecified atom stereocenters. The van der Waals surface area contributed by atoms with E-state index in [0.29, 0.717) is 16.9 Å². The number of carbonyl (C=O) groups is 3. The van der Waals surface area contributed by atoms with E-state index in [2.05, 4.69) is 30.9 Å². The van der Waals surface area contributed by atoms with Gasteiger partial charge in [0.05, 0.1) is 19.2 Å². The quantitative estimate of drug-likeness (QED) is 0.566. The summed E-state index contributed by atoms with van der Waals surface area (Å²) < 4.78 is 5.92. The number of nitrogens with zero attached hydrogens (tertiary/aromatic N) is 4. The van der Waals surface area contributed by atoms with Gasteiger partial charge in [0.15, 0.2) is 0 Å². The van der Waals surface area contributed by atoms with E-state index in [1.165, 1.54) is 18.1 Å². The summed E-state index contributed by atoms with van der Waals surface area (Å²) in [6, 6.07) is 13.7. The van der Waals surface area contributed by atoms with Gasteiger partial charge in [-0.25, -0.2) is 4.68 Å². The van der Waals surface area contributed by atoms with E-state index in [4.69, 9.17) is 0 Å². The third kappa shape index (κ3) is 5.45. The molecule has 0 spiro atoms. The second kappa shape index (κ2) is 9.22. The van der Waals surface area contributed by atoms with E-state index in [-0.39, 0.29) is 24.8 Å². The molecule has 0 bridgehead atoms. The fraction of sp³-hybridized carbons (Fsp3) is 0.158. The molecule has 10 nitrogen and oxygen atoms in total. The molecule has 0 aliphatic heterocycles. The van der Waals surface area contributed by atoms with Crippen molar-refractivity contribution < 1.29 is 19.1 Å². The Morgan fingerprint density at radius 2 is 1.90 bits per heavy atom. The summed E-state index contributed by atoms with van der Waals surface area (Å²) in [6.45, 7) is -0.173. The average molecular weight is 394 g/mol. The molecule has 1 heterocycles. The molecule has 2 amide bonds. The lowest BCUT2D eigenvalue weighted by atomic mass is 10.1. The molecule has 148 valence electrons. The first kappa shape index (κ1) is 19.7. The lowest BCUT2D eigenvalue weighted by Gasteiger charge is -2.08. The van der Waals surface area contributed by atoms with Crippen molar-refractivity contribution in [2.75, 3.05) is 19.0 Å². The number of methoxy groups -OCH3 is 1. The number of aromatic nitrogens is 4. The number of esters is 1. The molecule has 0 aliphatic rings. The standard InChI is InChI=1S/C19H18N6O4/c1-29-18(27)11-20-17(26)9-13-5-7-15(8-6-13)22-19(28)14-3-2-4-16(10-14)25-12-21-23-24-25/h2-8,10,12H,9,11H2,1H3,(H,20,26)(H,22,28). The van der Waals surface area contributed by atoms with Crippen LogP contribution in [0.4, 0.5) is 5.69 Å². The zero-order valence-electron chi connectivity index (χ0n) is 15.5. The van der Waals surface area contributed by atoms with E-state index in [1.54, 1.807) is 48.5 Å². The van der Waals surface area contributed by atoms with Gasteiger partial charge in [0.25, 0.3) is 5.91 Å². The maximum Gasteiger partial charge on any atom is 0.325 e. The number of carbonyl (C=O) groups excluding carboxylic acids is 3. The number of hydrogen-bond acceptors (Lipinski definition) is 7. The van der Waals surface area contributed by atoms with Gasteiger partial charge in [0, 0.05) is 11.3 Å². The molecule has 1 aromatic heterocycles. The highest BCUT2D eigenvalue weighted by atomic mass is 16.5. The molecule has 0 saturated carbocycles. The van der Waals surface area contributed by atoms with Crippen molar-refractivity contribution in [2.45, 2.75) is 6.42 Å². The van der Waals surface area contributed by atoms with Crippen molar-refractivity contribution in [1.82, 2.24) is 25.5 Å². The summed E-state index contributed by atoms with van der Waals surface area (Å²) in [4.78, 5) is 35.3.